The molecule has 1 fully saturated rings. The molecule has 0 aliphatic carbocycles. The molecule has 2 aromatic heterocycles. The number of piperazine rings is 1. The standard InChI is InChI=1S/C15H18N6S/c1-2-4-14-13(3-1)17-15(22-14)20-10-7-19(8-11-20)9-12-21-6-5-16-18-21/h1-6H,7-12H2. The van der Waals surface area contributed by atoms with Gasteiger partial charge >= 0.3 is 0 Å². The lowest BCUT2D eigenvalue weighted by molar-refractivity contribution is 0.243. The third kappa shape index (κ3) is 2.82. The largest absolute Gasteiger partial charge is 0.345 e. The molecular weight excluding hydrogens is 296 g/mol. The second kappa shape index (κ2) is 6.02. The molecule has 0 bridgehead atoms. The molecule has 0 unspecified atom stereocenters. The maximum absolute atomic E-state index is 4.75. The van der Waals surface area contributed by atoms with Crippen LogP contribution < -0.4 is 4.90 Å². The molecule has 22 heavy (non-hydrogen) atoms. The number of fused-ring (bicyclic) bond motifs is 1. The van der Waals surface area contributed by atoms with E-state index in [4.69, 9.17) is 4.98 Å². The van der Waals surface area contributed by atoms with Gasteiger partial charge in [0.05, 0.1) is 23.0 Å². The van der Waals surface area contributed by atoms with Gasteiger partial charge in [-0.25, -0.2) is 4.98 Å². The van der Waals surface area contributed by atoms with Crippen molar-refractivity contribution in [1.29, 1.82) is 0 Å². The van der Waals surface area contributed by atoms with Crippen molar-refractivity contribution < 1.29 is 0 Å². The summed E-state index contributed by atoms with van der Waals surface area (Å²) in [5.74, 6) is 0. The fraction of sp³-hybridized carbons (Fsp3) is 0.400. The number of aromatic nitrogens is 4. The molecule has 0 radical (unpaired) electrons. The lowest BCUT2D eigenvalue weighted by Crippen LogP contribution is -2.47. The highest BCUT2D eigenvalue weighted by Crippen LogP contribution is 2.28. The minimum Gasteiger partial charge on any atom is -0.345 e. The Bertz CT molecular complexity index is 696. The van der Waals surface area contributed by atoms with Crippen LogP contribution >= 0.6 is 11.3 Å². The van der Waals surface area contributed by atoms with Gasteiger partial charge in [0.2, 0.25) is 0 Å². The Hall–Kier alpha value is -1.99. The molecule has 3 aromatic rings. The minimum atomic E-state index is 0.904. The van der Waals surface area contributed by atoms with Gasteiger partial charge in [-0.1, -0.05) is 28.7 Å². The van der Waals surface area contributed by atoms with Gasteiger partial charge in [0.15, 0.2) is 5.13 Å². The van der Waals surface area contributed by atoms with E-state index in [0.717, 1.165) is 49.9 Å². The van der Waals surface area contributed by atoms with Gasteiger partial charge < -0.3 is 4.90 Å². The molecule has 1 saturated heterocycles. The fourth-order valence-electron chi connectivity index (χ4n) is 2.75. The summed E-state index contributed by atoms with van der Waals surface area (Å²) in [6.45, 7) is 6.15. The number of hydrogen-bond donors (Lipinski definition) is 0. The van der Waals surface area contributed by atoms with Crippen molar-refractivity contribution in [3.8, 4) is 0 Å². The quantitative estimate of drug-likeness (QED) is 0.734. The van der Waals surface area contributed by atoms with E-state index in [1.165, 1.54) is 4.70 Å². The van der Waals surface area contributed by atoms with E-state index >= 15 is 0 Å². The number of anilines is 1. The van der Waals surface area contributed by atoms with Crippen molar-refractivity contribution in [1.82, 2.24) is 24.9 Å². The lowest BCUT2D eigenvalue weighted by atomic mass is 10.3. The third-order valence-electron chi connectivity index (χ3n) is 4.04. The van der Waals surface area contributed by atoms with Crippen molar-refractivity contribution in [2.24, 2.45) is 0 Å². The van der Waals surface area contributed by atoms with E-state index in [1.54, 1.807) is 17.5 Å². The van der Waals surface area contributed by atoms with Gasteiger partial charge in [0.1, 0.15) is 0 Å². The minimum absolute atomic E-state index is 0.904. The summed E-state index contributed by atoms with van der Waals surface area (Å²) in [4.78, 5) is 9.63. The van der Waals surface area contributed by atoms with Crippen LogP contribution in [0.1, 0.15) is 0 Å². The molecule has 0 atom stereocenters. The van der Waals surface area contributed by atoms with E-state index in [-0.39, 0.29) is 0 Å². The molecule has 4 rings (SSSR count). The van der Waals surface area contributed by atoms with Gasteiger partial charge in [0.25, 0.3) is 0 Å². The Balaban J connectivity index is 1.35. The molecule has 3 heterocycles. The Morgan fingerprint density at radius 3 is 2.68 bits per heavy atom. The molecule has 0 N–H and O–H groups in total. The van der Waals surface area contributed by atoms with Crippen LogP contribution in [0.15, 0.2) is 36.7 Å². The summed E-state index contributed by atoms with van der Waals surface area (Å²) < 4.78 is 3.16. The molecule has 114 valence electrons. The average Bonchev–Trinajstić information content (AvgIpc) is 3.22. The number of benzene rings is 1. The highest BCUT2D eigenvalue weighted by atomic mass is 32.1. The van der Waals surface area contributed by atoms with E-state index in [9.17, 15) is 0 Å². The first-order chi connectivity index (χ1) is 10.9. The van der Waals surface area contributed by atoms with E-state index in [1.807, 2.05) is 16.9 Å². The third-order valence-corrected chi connectivity index (χ3v) is 5.14. The number of thiazole rings is 1. The van der Waals surface area contributed by atoms with E-state index in [2.05, 4.69) is 38.3 Å². The van der Waals surface area contributed by atoms with Crippen LogP contribution in [0, 0.1) is 0 Å². The molecule has 7 heteroatoms. The molecule has 1 aliphatic heterocycles. The zero-order chi connectivity index (χ0) is 14.8. The van der Waals surface area contributed by atoms with Crippen LogP contribution in [0.4, 0.5) is 5.13 Å². The van der Waals surface area contributed by atoms with Crippen LogP contribution in [0.3, 0.4) is 0 Å². The van der Waals surface area contributed by atoms with Crippen molar-refractivity contribution in [2.45, 2.75) is 6.54 Å². The lowest BCUT2D eigenvalue weighted by Gasteiger charge is -2.34. The summed E-state index contributed by atoms with van der Waals surface area (Å²) in [5, 5.41) is 9.00. The highest BCUT2D eigenvalue weighted by molar-refractivity contribution is 7.22. The van der Waals surface area contributed by atoms with E-state index in [0.29, 0.717) is 0 Å². The SMILES string of the molecule is c1ccc2sc(N3CCN(CCn4ccnn4)CC3)nc2c1. The van der Waals surface area contributed by atoms with Crippen molar-refractivity contribution >= 4 is 26.7 Å². The van der Waals surface area contributed by atoms with Crippen LogP contribution in [0.25, 0.3) is 10.2 Å². The second-order valence-electron chi connectivity index (χ2n) is 5.46. The Morgan fingerprint density at radius 2 is 1.91 bits per heavy atom. The van der Waals surface area contributed by atoms with Crippen molar-refractivity contribution in [2.75, 3.05) is 37.6 Å². The molecule has 1 aliphatic rings. The van der Waals surface area contributed by atoms with Crippen molar-refractivity contribution in [3.05, 3.63) is 36.7 Å². The molecule has 1 aromatic carbocycles. The highest BCUT2D eigenvalue weighted by Gasteiger charge is 2.19. The predicted octanol–water partition coefficient (Wildman–Crippen LogP) is 1.71. The van der Waals surface area contributed by atoms with Gasteiger partial charge in [-0.05, 0) is 12.1 Å². The maximum atomic E-state index is 4.75. The second-order valence-corrected chi connectivity index (χ2v) is 6.47. The summed E-state index contributed by atoms with van der Waals surface area (Å²) in [5.41, 5.74) is 1.11. The van der Waals surface area contributed by atoms with E-state index < -0.39 is 0 Å². The van der Waals surface area contributed by atoms with Crippen LogP contribution in [-0.4, -0.2) is 57.6 Å². The first kappa shape index (κ1) is 13.7. The van der Waals surface area contributed by atoms with Gasteiger partial charge in [-0.2, -0.15) is 0 Å². The number of nitrogens with zero attached hydrogens (tertiary/aromatic N) is 6. The monoisotopic (exact) mass is 314 g/mol. The maximum Gasteiger partial charge on any atom is 0.186 e. The predicted molar refractivity (Wildman–Crippen MR) is 88.3 cm³/mol. The first-order valence-corrected chi connectivity index (χ1v) is 8.37. The number of para-hydroxylation sites is 1. The Morgan fingerprint density at radius 1 is 1.05 bits per heavy atom. The molecule has 0 saturated carbocycles. The van der Waals surface area contributed by atoms with Gasteiger partial charge in [-0.3, -0.25) is 9.58 Å². The normalized spacial score (nSPS) is 16.5. The molecule has 6 nitrogen and oxygen atoms in total. The summed E-state index contributed by atoms with van der Waals surface area (Å²) >= 11 is 1.79. The summed E-state index contributed by atoms with van der Waals surface area (Å²) in [6, 6.07) is 8.36. The molecule has 0 amide bonds. The van der Waals surface area contributed by atoms with Gasteiger partial charge in [-0.15, -0.1) is 5.10 Å². The average molecular weight is 314 g/mol. The summed E-state index contributed by atoms with van der Waals surface area (Å²) in [7, 11) is 0. The molecular formula is C15H18N6S. The van der Waals surface area contributed by atoms with Crippen molar-refractivity contribution in [3.63, 3.8) is 0 Å². The topological polar surface area (TPSA) is 50.1 Å². The van der Waals surface area contributed by atoms with Crippen LogP contribution in [-0.2, 0) is 6.54 Å². The van der Waals surface area contributed by atoms with Gasteiger partial charge in [0, 0.05) is 38.9 Å². The first-order valence-electron chi connectivity index (χ1n) is 7.55. The summed E-state index contributed by atoms with van der Waals surface area (Å²) in [6.07, 6.45) is 3.64. The Labute approximate surface area is 133 Å². The number of rotatable bonds is 4. The Kier molecular flexibility index (Phi) is 3.74. The number of hydrogen-bond acceptors (Lipinski definition) is 6. The molecule has 0 spiro atoms. The fourth-order valence-corrected chi connectivity index (χ4v) is 3.77. The zero-order valence-corrected chi connectivity index (χ0v) is 13.1. The van der Waals surface area contributed by atoms with Crippen LogP contribution in [0.5, 0.6) is 0 Å². The van der Waals surface area contributed by atoms with Crippen LogP contribution in [0.2, 0.25) is 0 Å². The zero-order valence-electron chi connectivity index (χ0n) is 12.3. The smallest absolute Gasteiger partial charge is 0.186 e.